The van der Waals surface area contributed by atoms with E-state index in [0.29, 0.717) is 35.0 Å². The van der Waals surface area contributed by atoms with E-state index in [1.54, 1.807) is 25.2 Å². The monoisotopic (exact) mass is 721 g/mol. The second-order valence-electron chi connectivity index (χ2n) is 12.5. The first kappa shape index (κ1) is 33.9. The van der Waals surface area contributed by atoms with Crippen LogP contribution in [0.5, 0.6) is 0 Å². The number of carbonyl (C=O) groups is 3. The molecule has 1 fully saturated rings. The number of rotatable bonds is 4. The molecule has 3 amide bonds. The number of benzene rings is 2. The fourth-order valence-electron chi connectivity index (χ4n) is 6.36. The first-order chi connectivity index (χ1) is 23.5. The van der Waals surface area contributed by atoms with Crippen LogP contribution in [0, 0.1) is 11.8 Å². The van der Waals surface area contributed by atoms with E-state index in [1.807, 2.05) is 30.3 Å². The van der Waals surface area contributed by atoms with Crippen molar-refractivity contribution in [3.8, 4) is 34.6 Å². The first-order valence-electron chi connectivity index (χ1n) is 16.3. The van der Waals surface area contributed by atoms with Crippen LogP contribution in [0.1, 0.15) is 81.2 Å². The number of likely N-dealkylation sites (N-methyl/N-ethyl adjacent to an activating group) is 1. The van der Waals surface area contributed by atoms with Gasteiger partial charge in [0.2, 0.25) is 5.60 Å². The summed E-state index contributed by atoms with van der Waals surface area (Å²) in [5.74, 6) is 5.20. The maximum absolute atomic E-state index is 12.1. The number of halogens is 1. The number of amides is 3. The number of primary amides is 2. The molecule has 0 spiro atoms. The van der Waals surface area contributed by atoms with Gasteiger partial charge in [-0.15, -0.1) is 0 Å². The molecule has 5 N–H and O–H groups in total. The Labute approximate surface area is 292 Å². The third-order valence-corrected chi connectivity index (χ3v) is 9.45. The van der Waals surface area contributed by atoms with Gasteiger partial charge in [0.25, 0.3) is 17.7 Å². The highest BCUT2D eigenvalue weighted by Gasteiger charge is 2.42. The van der Waals surface area contributed by atoms with Crippen molar-refractivity contribution in [2.75, 3.05) is 13.6 Å². The number of aromatic nitrogens is 4. The molecule has 2 aromatic carbocycles. The topological polar surface area (TPSA) is 178 Å². The highest BCUT2D eigenvalue weighted by Crippen LogP contribution is 2.28. The summed E-state index contributed by atoms with van der Waals surface area (Å²) in [4.78, 5) is 55.2. The summed E-state index contributed by atoms with van der Waals surface area (Å²) in [6, 6.07) is 15.0. The van der Waals surface area contributed by atoms with E-state index in [4.69, 9.17) is 11.5 Å². The van der Waals surface area contributed by atoms with E-state index in [-0.39, 0.29) is 18.0 Å². The van der Waals surface area contributed by atoms with Crippen LogP contribution in [-0.2, 0) is 30.5 Å². The van der Waals surface area contributed by atoms with E-state index >= 15 is 0 Å². The van der Waals surface area contributed by atoms with Gasteiger partial charge in [-0.2, -0.15) is 0 Å². The smallest absolute Gasteiger partial charge is 0.267 e. The zero-order valence-corrected chi connectivity index (χ0v) is 28.7. The van der Waals surface area contributed by atoms with Crippen molar-refractivity contribution in [3.05, 3.63) is 92.5 Å². The summed E-state index contributed by atoms with van der Waals surface area (Å²) < 4.78 is 0.956. The summed E-state index contributed by atoms with van der Waals surface area (Å²) in [7, 11) is 1.65. The van der Waals surface area contributed by atoms with Crippen LogP contribution < -0.4 is 11.5 Å². The summed E-state index contributed by atoms with van der Waals surface area (Å²) in [6.07, 6.45) is 7.75. The van der Waals surface area contributed by atoms with Gasteiger partial charge in [0.15, 0.2) is 11.6 Å². The molecule has 2 aromatic heterocycles. The minimum Gasteiger partial charge on any atom is -0.369 e. The number of hydrogen-bond acceptors (Lipinski definition) is 8. The molecule has 3 aliphatic rings. The van der Waals surface area contributed by atoms with Gasteiger partial charge >= 0.3 is 0 Å². The third-order valence-electron chi connectivity index (χ3n) is 8.96. The number of nitrogens with zero attached hydrogens (tertiary/aromatic N) is 5. The van der Waals surface area contributed by atoms with Crippen LogP contribution in [0.4, 0.5) is 0 Å². The maximum Gasteiger partial charge on any atom is 0.267 e. The summed E-state index contributed by atoms with van der Waals surface area (Å²) in [5.41, 5.74) is 15.9. The van der Waals surface area contributed by atoms with Crippen molar-refractivity contribution >= 4 is 33.7 Å². The Balaban J connectivity index is 0.000000182. The molecule has 12 heteroatoms. The zero-order chi connectivity index (χ0) is 34.7. The lowest BCUT2D eigenvalue weighted by molar-refractivity contribution is -0.137. The predicted octanol–water partition coefficient (Wildman–Crippen LogP) is 3.95. The molecule has 3 heterocycles. The van der Waals surface area contributed by atoms with Crippen molar-refractivity contribution in [1.82, 2.24) is 24.8 Å². The average Bonchev–Trinajstić information content (AvgIpc) is 3.37. The Kier molecular flexibility index (Phi) is 9.85. The SMILES string of the molecule is CN1CC[C@@](O)(C#Cc2cccc(-c3nc4c(c(C(N)=O)n3)CCCC4)c2)C1=O.NC(=O)c1nc(-c2cccc(Br)c2)nc2c1CCCC2. The molecule has 11 nitrogen and oxygen atoms in total. The highest BCUT2D eigenvalue weighted by molar-refractivity contribution is 9.10. The number of aliphatic hydroxyl groups is 1. The number of carbonyl (C=O) groups excluding carboxylic acids is 3. The molecule has 49 heavy (non-hydrogen) atoms. The predicted molar refractivity (Wildman–Crippen MR) is 187 cm³/mol. The van der Waals surface area contributed by atoms with Gasteiger partial charge in [-0.05, 0) is 75.6 Å². The molecular formula is C37H36BrN7O4. The molecule has 1 aliphatic heterocycles. The molecule has 0 radical (unpaired) electrons. The Hall–Kier alpha value is -4.99. The van der Waals surface area contributed by atoms with Gasteiger partial charge in [0.05, 0.1) is 0 Å². The van der Waals surface area contributed by atoms with E-state index < -0.39 is 17.4 Å². The molecule has 250 valence electrons. The normalized spacial score (nSPS) is 17.9. The molecule has 0 unspecified atom stereocenters. The van der Waals surface area contributed by atoms with Gasteiger partial charge < -0.3 is 21.5 Å². The summed E-state index contributed by atoms with van der Waals surface area (Å²) in [5, 5.41) is 10.5. The molecule has 0 bridgehead atoms. The number of hydrogen-bond donors (Lipinski definition) is 3. The second kappa shape index (κ2) is 14.2. The quantitative estimate of drug-likeness (QED) is 0.265. The lowest BCUT2D eigenvalue weighted by Crippen LogP contribution is -2.37. The Morgan fingerprint density at radius 2 is 1.35 bits per heavy atom. The van der Waals surface area contributed by atoms with E-state index in [2.05, 4.69) is 47.7 Å². The molecule has 1 saturated heterocycles. The maximum atomic E-state index is 12.1. The van der Waals surface area contributed by atoms with Crippen LogP contribution in [0.25, 0.3) is 22.8 Å². The minimum atomic E-state index is -1.65. The average molecular weight is 723 g/mol. The first-order valence-corrected chi connectivity index (χ1v) is 17.1. The molecular weight excluding hydrogens is 686 g/mol. The molecule has 0 saturated carbocycles. The minimum absolute atomic E-state index is 0.283. The fraction of sp³-hybridized carbons (Fsp3) is 0.324. The summed E-state index contributed by atoms with van der Waals surface area (Å²) in [6.45, 7) is 0.475. The van der Waals surface area contributed by atoms with Crippen molar-refractivity contribution < 1.29 is 19.5 Å². The highest BCUT2D eigenvalue weighted by atomic mass is 79.9. The second-order valence-corrected chi connectivity index (χ2v) is 13.4. The third kappa shape index (κ3) is 7.38. The number of fused-ring (bicyclic) bond motifs is 2. The molecule has 7 rings (SSSR count). The molecule has 2 aliphatic carbocycles. The molecule has 4 aromatic rings. The Morgan fingerprint density at radius 3 is 1.86 bits per heavy atom. The van der Waals surface area contributed by atoms with Crippen LogP contribution in [0.2, 0.25) is 0 Å². The van der Waals surface area contributed by atoms with Gasteiger partial charge in [-0.1, -0.05) is 52.0 Å². The van der Waals surface area contributed by atoms with Gasteiger partial charge in [-0.3, -0.25) is 14.4 Å². The van der Waals surface area contributed by atoms with Crippen LogP contribution in [0.3, 0.4) is 0 Å². The van der Waals surface area contributed by atoms with Crippen LogP contribution in [0.15, 0.2) is 53.0 Å². The Bertz CT molecular complexity index is 2040. The van der Waals surface area contributed by atoms with Crippen molar-refractivity contribution in [1.29, 1.82) is 0 Å². The van der Waals surface area contributed by atoms with Gasteiger partial charge in [-0.25, -0.2) is 19.9 Å². The van der Waals surface area contributed by atoms with Crippen LogP contribution in [-0.4, -0.2) is 66.9 Å². The number of nitrogens with two attached hydrogens (primary N) is 2. The number of likely N-dealkylation sites (tertiary alicyclic amines) is 1. The Morgan fingerprint density at radius 1 is 0.816 bits per heavy atom. The lowest BCUT2D eigenvalue weighted by Gasteiger charge is -2.17. The van der Waals surface area contributed by atoms with E-state index in [0.717, 1.165) is 83.9 Å². The fourth-order valence-corrected chi connectivity index (χ4v) is 6.76. The van der Waals surface area contributed by atoms with E-state index in [9.17, 15) is 19.5 Å². The van der Waals surface area contributed by atoms with Gasteiger partial charge in [0, 0.05) is 63.7 Å². The summed E-state index contributed by atoms with van der Waals surface area (Å²) >= 11 is 3.43. The van der Waals surface area contributed by atoms with E-state index in [1.165, 1.54) is 4.90 Å². The van der Waals surface area contributed by atoms with Crippen LogP contribution >= 0.6 is 15.9 Å². The standard InChI is InChI=1S/C22H22N4O3.C15H14BrN3O/c1-26-12-11-22(29,21(26)28)10-9-14-5-4-6-15(13-14)20-24-17-8-3-2-7-16(17)18(25-20)19(23)27;16-10-5-3-4-9(8-10)15-18-12-7-2-1-6-11(12)13(19-15)14(17)20/h4-6,13,29H,2-3,7-8,11-12H2,1H3,(H2,23,27);3-5,8H,1-2,6-7H2,(H2,17,20)/t22-;/m0./s1. The van der Waals surface area contributed by atoms with Gasteiger partial charge in [0.1, 0.15) is 11.4 Å². The molecule has 1 atom stereocenters. The lowest BCUT2D eigenvalue weighted by atomic mass is 9.94. The van der Waals surface area contributed by atoms with Crippen molar-refractivity contribution in [3.63, 3.8) is 0 Å². The largest absolute Gasteiger partial charge is 0.369 e. The zero-order valence-electron chi connectivity index (χ0n) is 27.1. The van der Waals surface area contributed by atoms with Crippen molar-refractivity contribution in [2.24, 2.45) is 11.5 Å². The number of aryl methyl sites for hydroxylation is 2. The van der Waals surface area contributed by atoms with Crippen molar-refractivity contribution in [2.45, 2.75) is 63.4 Å².